The van der Waals surface area contributed by atoms with Gasteiger partial charge in [0.25, 0.3) is 0 Å². The summed E-state index contributed by atoms with van der Waals surface area (Å²) < 4.78 is 5.43. The quantitative estimate of drug-likeness (QED) is 0.670. The van der Waals surface area contributed by atoms with Gasteiger partial charge in [0.2, 0.25) is 5.78 Å². The Morgan fingerprint density at radius 1 is 1.35 bits per heavy atom. The Kier molecular flexibility index (Phi) is 5.57. The summed E-state index contributed by atoms with van der Waals surface area (Å²) in [6.45, 7) is 10.5. The Balaban J connectivity index is 1.51. The van der Waals surface area contributed by atoms with Crippen LogP contribution in [0.2, 0.25) is 0 Å². The van der Waals surface area contributed by atoms with Gasteiger partial charge in [-0.25, -0.2) is 0 Å². The minimum atomic E-state index is -1.36. The molecule has 3 aliphatic heterocycles. The number of allylic oxidation sites excluding steroid dienone is 3. The van der Waals surface area contributed by atoms with Crippen LogP contribution in [0.4, 0.5) is 0 Å². The molecule has 2 N–H and O–H groups in total. The van der Waals surface area contributed by atoms with E-state index in [9.17, 15) is 14.7 Å². The molecule has 1 fully saturated rings. The van der Waals surface area contributed by atoms with Crippen molar-refractivity contribution in [2.75, 3.05) is 6.54 Å². The first-order valence-electron chi connectivity index (χ1n) is 11.6. The molecule has 31 heavy (non-hydrogen) atoms. The lowest BCUT2D eigenvalue weighted by Crippen LogP contribution is -2.49. The molecule has 5 atom stereocenters. The molecular formula is C25H36N2O4. The van der Waals surface area contributed by atoms with E-state index < -0.39 is 17.2 Å². The lowest BCUT2D eigenvalue weighted by Gasteiger charge is -2.39. The molecule has 6 heteroatoms. The number of nitrogens with zero attached hydrogens (tertiary/aromatic N) is 1. The maximum absolute atomic E-state index is 13.1. The summed E-state index contributed by atoms with van der Waals surface area (Å²) in [5.74, 6) is 0.480. The molecule has 6 nitrogen and oxygen atoms in total. The van der Waals surface area contributed by atoms with Crippen LogP contribution in [-0.4, -0.2) is 51.6 Å². The molecule has 5 unspecified atom stereocenters. The van der Waals surface area contributed by atoms with Crippen LogP contribution in [0.5, 0.6) is 0 Å². The highest BCUT2D eigenvalue weighted by molar-refractivity contribution is 6.06. The Morgan fingerprint density at radius 2 is 2.10 bits per heavy atom. The number of aliphatic hydroxyl groups is 1. The number of ether oxygens (including phenoxy) is 1. The summed E-state index contributed by atoms with van der Waals surface area (Å²) in [4.78, 5) is 27.9. The standard InChI is InChI=1S/C25H36N2O4/c1-6-25(30,13-21(29)31-24(3,4)5)18-11-16-10-17-14-27-8-7-15(2)9-19(27)22(17)26-23(16)20(28)12-18/h7-8,12,15,17,19,22,26,30H,6,9-11,13-14H2,1-5H3. The first-order chi connectivity index (χ1) is 14.5. The van der Waals surface area contributed by atoms with E-state index in [0.717, 1.165) is 25.0 Å². The zero-order valence-corrected chi connectivity index (χ0v) is 19.4. The fraction of sp³-hybridized carbons (Fsp3) is 0.680. The molecule has 0 radical (unpaired) electrons. The van der Waals surface area contributed by atoms with E-state index in [1.807, 2.05) is 27.7 Å². The van der Waals surface area contributed by atoms with Crippen molar-refractivity contribution in [2.24, 2.45) is 11.8 Å². The van der Waals surface area contributed by atoms with E-state index in [4.69, 9.17) is 4.74 Å². The lowest BCUT2D eigenvalue weighted by atomic mass is 9.75. The first-order valence-corrected chi connectivity index (χ1v) is 11.6. The van der Waals surface area contributed by atoms with Gasteiger partial charge in [-0.2, -0.15) is 0 Å². The molecule has 0 aromatic carbocycles. The van der Waals surface area contributed by atoms with E-state index >= 15 is 0 Å². The fourth-order valence-corrected chi connectivity index (χ4v) is 5.60. The second-order valence-corrected chi connectivity index (χ2v) is 10.8. The number of esters is 1. The van der Waals surface area contributed by atoms with Crippen molar-refractivity contribution >= 4 is 11.8 Å². The number of rotatable bonds is 4. The van der Waals surface area contributed by atoms with Crippen molar-refractivity contribution in [1.29, 1.82) is 0 Å². The number of fused-ring (bicyclic) bond motifs is 3. The minimum Gasteiger partial charge on any atom is -0.460 e. The SMILES string of the molecule is CCC(O)(CC(=O)OC(C)(C)C)C1=CC(=O)C2=C(C1)CC1CN3C=CC(C)CC3C1N2. The lowest BCUT2D eigenvalue weighted by molar-refractivity contribution is -0.159. The van der Waals surface area contributed by atoms with E-state index in [-0.39, 0.29) is 18.2 Å². The van der Waals surface area contributed by atoms with Gasteiger partial charge in [-0.05, 0) is 75.8 Å². The van der Waals surface area contributed by atoms with Crippen molar-refractivity contribution < 1.29 is 19.4 Å². The molecule has 1 saturated heterocycles. The molecule has 0 spiro atoms. The minimum absolute atomic E-state index is 0.0800. The van der Waals surface area contributed by atoms with Crippen LogP contribution in [0.25, 0.3) is 0 Å². The van der Waals surface area contributed by atoms with Crippen LogP contribution >= 0.6 is 0 Å². The Labute approximate surface area is 185 Å². The summed E-state index contributed by atoms with van der Waals surface area (Å²) in [7, 11) is 0. The maximum Gasteiger partial charge on any atom is 0.309 e. The van der Waals surface area contributed by atoms with Crippen LogP contribution in [0.1, 0.15) is 66.7 Å². The third-order valence-corrected chi connectivity index (χ3v) is 7.18. The van der Waals surface area contributed by atoms with Gasteiger partial charge in [-0.1, -0.05) is 19.9 Å². The van der Waals surface area contributed by atoms with Crippen LogP contribution < -0.4 is 5.32 Å². The molecule has 4 rings (SSSR count). The zero-order valence-electron chi connectivity index (χ0n) is 19.4. The molecular weight excluding hydrogens is 392 g/mol. The number of carbonyl (C=O) groups excluding carboxylic acids is 2. The zero-order chi connectivity index (χ0) is 22.6. The number of hydrogen-bond acceptors (Lipinski definition) is 6. The van der Waals surface area contributed by atoms with Crippen molar-refractivity contribution in [3.8, 4) is 0 Å². The van der Waals surface area contributed by atoms with Gasteiger partial charge in [0, 0.05) is 18.5 Å². The van der Waals surface area contributed by atoms with Gasteiger partial charge >= 0.3 is 5.97 Å². The van der Waals surface area contributed by atoms with Gasteiger partial charge in [0.15, 0.2) is 0 Å². The van der Waals surface area contributed by atoms with Gasteiger partial charge in [0.05, 0.1) is 23.8 Å². The third-order valence-electron chi connectivity index (χ3n) is 7.18. The summed E-state index contributed by atoms with van der Waals surface area (Å²) in [6, 6.07) is 0.717. The van der Waals surface area contributed by atoms with Crippen LogP contribution in [0.3, 0.4) is 0 Å². The van der Waals surface area contributed by atoms with Gasteiger partial charge in [0.1, 0.15) is 5.60 Å². The molecule has 170 valence electrons. The molecule has 0 saturated carbocycles. The van der Waals surface area contributed by atoms with E-state index in [1.165, 1.54) is 0 Å². The van der Waals surface area contributed by atoms with E-state index in [1.54, 1.807) is 6.08 Å². The average molecular weight is 429 g/mol. The van der Waals surface area contributed by atoms with Crippen LogP contribution in [0.15, 0.2) is 35.2 Å². The third kappa shape index (κ3) is 4.32. The topological polar surface area (TPSA) is 78.9 Å². The van der Waals surface area contributed by atoms with E-state index in [0.29, 0.717) is 42.0 Å². The molecule has 1 aliphatic carbocycles. The Bertz CT molecular complexity index is 865. The number of ketones is 1. The number of carbonyl (C=O) groups is 2. The second-order valence-electron chi connectivity index (χ2n) is 10.8. The van der Waals surface area contributed by atoms with Crippen molar-refractivity contribution in [2.45, 2.75) is 90.0 Å². The molecule has 0 amide bonds. The summed E-state index contributed by atoms with van der Waals surface area (Å²) in [5, 5.41) is 14.9. The predicted octanol–water partition coefficient (Wildman–Crippen LogP) is 3.23. The average Bonchev–Trinajstić information content (AvgIpc) is 3.01. The van der Waals surface area contributed by atoms with E-state index in [2.05, 4.69) is 29.4 Å². The van der Waals surface area contributed by atoms with Crippen molar-refractivity contribution in [3.63, 3.8) is 0 Å². The summed E-state index contributed by atoms with van der Waals surface area (Å²) >= 11 is 0. The predicted molar refractivity (Wildman–Crippen MR) is 119 cm³/mol. The molecule has 0 bridgehead atoms. The largest absolute Gasteiger partial charge is 0.460 e. The highest BCUT2D eigenvalue weighted by Crippen LogP contribution is 2.43. The maximum atomic E-state index is 13.1. The molecule has 3 heterocycles. The highest BCUT2D eigenvalue weighted by atomic mass is 16.6. The fourth-order valence-electron chi connectivity index (χ4n) is 5.60. The second kappa shape index (κ2) is 7.80. The summed E-state index contributed by atoms with van der Waals surface area (Å²) in [6.07, 6.45) is 8.75. The van der Waals surface area contributed by atoms with Crippen molar-refractivity contribution in [1.82, 2.24) is 10.2 Å². The normalized spacial score (nSPS) is 31.9. The van der Waals surface area contributed by atoms with Gasteiger partial charge in [-0.3, -0.25) is 9.59 Å². The first kappa shape index (κ1) is 22.1. The van der Waals surface area contributed by atoms with Crippen molar-refractivity contribution in [3.05, 3.63) is 35.2 Å². The Hall–Kier alpha value is -2.08. The number of nitrogens with one attached hydrogen (secondary N) is 1. The molecule has 0 aromatic heterocycles. The summed E-state index contributed by atoms with van der Waals surface area (Å²) in [5.41, 5.74) is 0.440. The molecule has 0 aromatic rings. The monoisotopic (exact) mass is 428 g/mol. The highest BCUT2D eigenvalue weighted by Gasteiger charge is 2.47. The smallest absolute Gasteiger partial charge is 0.309 e. The Morgan fingerprint density at radius 3 is 2.77 bits per heavy atom. The number of hydrogen-bond donors (Lipinski definition) is 2. The van der Waals surface area contributed by atoms with Gasteiger partial charge < -0.3 is 20.1 Å². The van der Waals surface area contributed by atoms with Gasteiger partial charge in [-0.15, -0.1) is 0 Å². The van der Waals surface area contributed by atoms with Crippen LogP contribution in [0, 0.1) is 11.8 Å². The molecule has 4 aliphatic rings. The van der Waals surface area contributed by atoms with Crippen LogP contribution in [-0.2, 0) is 14.3 Å².